The van der Waals surface area contributed by atoms with Gasteiger partial charge in [-0.25, -0.2) is 4.98 Å². The van der Waals surface area contributed by atoms with E-state index in [1.807, 2.05) is 53.4 Å². The van der Waals surface area contributed by atoms with Crippen LogP contribution in [0.5, 0.6) is 0 Å². The van der Waals surface area contributed by atoms with Crippen LogP contribution in [0.4, 0.5) is 0 Å². The highest BCUT2D eigenvalue weighted by Gasteiger charge is 2.60. The fraction of sp³-hybridized carbons (Fsp3) is 0.732. The van der Waals surface area contributed by atoms with E-state index < -0.39 is 70.6 Å². The molecule has 4 aliphatic rings. The number of aromatic nitrogens is 2. The van der Waals surface area contributed by atoms with Crippen LogP contribution in [-0.2, 0) is 28.8 Å². The highest BCUT2D eigenvalue weighted by Crippen LogP contribution is 2.41. The lowest BCUT2D eigenvalue weighted by Crippen LogP contribution is -2.62. The summed E-state index contributed by atoms with van der Waals surface area (Å²) in [7, 11) is 0. The number of likely N-dealkylation sites (N-methyl/N-ethyl adjacent to an activating group) is 1. The molecule has 314 valence electrons. The van der Waals surface area contributed by atoms with E-state index in [1.165, 1.54) is 23.5 Å². The first kappa shape index (κ1) is 43.6. The Balaban J connectivity index is 1.48. The molecule has 5 rings (SSSR count). The summed E-state index contributed by atoms with van der Waals surface area (Å²) in [5.41, 5.74) is -1.82. The molecule has 3 heterocycles. The van der Waals surface area contributed by atoms with E-state index in [-0.39, 0.29) is 55.4 Å². The summed E-state index contributed by atoms with van der Waals surface area (Å²) in [6, 6.07) is -4.44. The number of Topliss-reactive ketones (excluding diaryl/α,β-unsaturated/α-hetero) is 1. The van der Waals surface area contributed by atoms with Gasteiger partial charge < -0.3 is 31.1 Å². The molecule has 4 N–H and O–H groups in total. The van der Waals surface area contributed by atoms with E-state index >= 15 is 4.79 Å². The van der Waals surface area contributed by atoms with E-state index in [4.69, 9.17) is 0 Å². The summed E-state index contributed by atoms with van der Waals surface area (Å²) in [5.74, 6) is -4.04. The van der Waals surface area contributed by atoms with Crippen molar-refractivity contribution in [3.8, 4) is 0 Å². The Bertz CT molecular complexity index is 1660. The van der Waals surface area contributed by atoms with Crippen molar-refractivity contribution in [2.75, 3.05) is 26.2 Å². The maximum absolute atomic E-state index is 15.2. The van der Waals surface area contributed by atoms with Crippen LogP contribution in [0.3, 0.4) is 0 Å². The van der Waals surface area contributed by atoms with Gasteiger partial charge in [-0.1, -0.05) is 60.8 Å². The number of hydrogen-bond donors (Lipinski definition) is 4. The van der Waals surface area contributed by atoms with Crippen molar-refractivity contribution in [1.82, 2.24) is 45.9 Å². The third-order valence-corrected chi connectivity index (χ3v) is 11.8. The van der Waals surface area contributed by atoms with Crippen LogP contribution in [0.2, 0.25) is 0 Å². The van der Waals surface area contributed by atoms with E-state index in [0.29, 0.717) is 25.9 Å². The van der Waals surface area contributed by atoms with Crippen LogP contribution in [0.1, 0.15) is 123 Å². The normalized spacial score (nSPS) is 23.3. The SMILES string of the molecule is CCCN1CC(=O)N(CC)C12C[C@@H](C(=O)NC(CC(C)C)C(=O)C(=O)NC1CC1)N(C(=O)[C@@H](NC(=O)[C@@H](NC(=O)c1cnccn1)C1CCCCC1)C(C)(C)C)C2. The van der Waals surface area contributed by atoms with Crippen molar-refractivity contribution < 1.29 is 33.6 Å². The molecule has 2 saturated heterocycles. The minimum atomic E-state index is -1.15. The van der Waals surface area contributed by atoms with Crippen molar-refractivity contribution in [3.63, 3.8) is 0 Å². The molecule has 0 radical (unpaired) electrons. The first-order valence-corrected chi connectivity index (χ1v) is 20.9. The van der Waals surface area contributed by atoms with Gasteiger partial charge in [0.25, 0.3) is 11.8 Å². The average molecular weight is 794 g/mol. The van der Waals surface area contributed by atoms with Gasteiger partial charge in [0.2, 0.25) is 29.4 Å². The summed E-state index contributed by atoms with van der Waals surface area (Å²) in [4.78, 5) is 111. The molecule has 16 nitrogen and oxygen atoms in total. The Hall–Kier alpha value is -4.47. The minimum Gasteiger partial charge on any atom is -0.347 e. The fourth-order valence-electron chi connectivity index (χ4n) is 8.74. The molecule has 1 spiro atoms. The van der Waals surface area contributed by atoms with Gasteiger partial charge in [0.15, 0.2) is 0 Å². The van der Waals surface area contributed by atoms with Crippen molar-refractivity contribution in [3.05, 3.63) is 24.3 Å². The summed E-state index contributed by atoms with van der Waals surface area (Å²) in [5, 5.41) is 11.5. The third kappa shape index (κ3) is 10.2. The first-order chi connectivity index (χ1) is 27.0. The summed E-state index contributed by atoms with van der Waals surface area (Å²) >= 11 is 0. The molecule has 16 heteroatoms. The Kier molecular flexibility index (Phi) is 14.1. The second-order valence-electron chi connectivity index (χ2n) is 17.8. The molecule has 4 fully saturated rings. The molecule has 1 aromatic rings. The predicted molar refractivity (Wildman–Crippen MR) is 211 cm³/mol. The highest BCUT2D eigenvalue weighted by atomic mass is 16.2. The molecule has 6 amide bonds. The average Bonchev–Trinajstić information content (AvgIpc) is 3.84. The van der Waals surface area contributed by atoms with Crippen molar-refractivity contribution in [2.24, 2.45) is 17.3 Å². The lowest BCUT2D eigenvalue weighted by molar-refractivity contribution is -0.145. The van der Waals surface area contributed by atoms with Gasteiger partial charge in [-0.15, -0.1) is 0 Å². The Morgan fingerprint density at radius 1 is 0.947 bits per heavy atom. The number of hydrogen-bond acceptors (Lipinski definition) is 10. The largest absolute Gasteiger partial charge is 0.347 e. The topological polar surface area (TPSA) is 203 Å². The predicted octanol–water partition coefficient (Wildman–Crippen LogP) is 1.94. The quantitative estimate of drug-likeness (QED) is 0.179. The Labute approximate surface area is 336 Å². The zero-order chi connectivity index (χ0) is 41.7. The van der Waals surface area contributed by atoms with Gasteiger partial charge in [-0.3, -0.25) is 43.4 Å². The zero-order valence-electron chi connectivity index (χ0n) is 34.8. The van der Waals surface area contributed by atoms with Crippen molar-refractivity contribution >= 4 is 41.2 Å². The van der Waals surface area contributed by atoms with Crippen LogP contribution in [0, 0.1) is 17.3 Å². The van der Waals surface area contributed by atoms with Gasteiger partial charge in [0.05, 0.1) is 25.3 Å². The number of nitrogens with zero attached hydrogens (tertiary/aromatic N) is 5. The van der Waals surface area contributed by atoms with Crippen LogP contribution >= 0.6 is 0 Å². The summed E-state index contributed by atoms with van der Waals surface area (Å²) < 4.78 is 0. The zero-order valence-corrected chi connectivity index (χ0v) is 34.8. The Morgan fingerprint density at radius 2 is 1.65 bits per heavy atom. The second-order valence-corrected chi connectivity index (χ2v) is 17.8. The molecule has 0 bridgehead atoms. The van der Waals surface area contributed by atoms with E-state index in [2.05, 4.69) is 31.2 Å². The molecular weight excluding hydrogens is 731 g/mol. The van der Waals surface area contributed by atoms with Crippen molar-refractivity contribution in [2.45, 2.75) is 149 Å². The standard InChI is InChI=1S/C41H63N9O7/c1-8-19-48-23-31(51)50(9-2)41(48)21-30(36(54)45-28(20-25(3)4)33(52)38(56)44-27-15-16-27)49(24-41)39(57)34(40(5,6)7)47-37(55)32(26-13-11-10-12-14-26)46-35(53)29-22-42-17-18-43-29/h17-18,22,25-28,30,32,34H,8-16,19-21,23-24H2,1-7H3,(H,44,56)(H,45,54)(H,46,53)(H,47,55)/t28?,30-,32-,34+,41?/m0/s1. The van der Waals surface area contributed by atoms with E-state index in [0.717, 1.165) is 38.5 Å². The van der Waals surface area contributed by atoms with E-state index in [9.17, 15) is 28.8 Å². The number of rotatable bonds is 16. The molecule has 2 aliphatic heterocycles. The lowest BCUT2D eigenvalue weighted by atomic mass is 9.82. The molecule has 5 atom stereocenters. The summed E-state index contributed by atoms with van der Waals surface area (Å²) in [6.45, 7) is 14.1. The number of nitrogens with one attached hydrogen (secondary N) is 4. The van der Waals surface area contributed by atoms with Crippen LogP contribution < -0.4 is 21.3 Å². The molecular formula is C41H63N9O7. The maximum atomic E-state index is 15.2. The van der Waals surface area contributed by atoms with E-state index in [1.54, 1.807) is 4.90 Å². The molecule has 1 aromatic heterocycles. The molecule has 0 aromatic carbocycles. The van der Waals surface area contributed by atoms with Crippen LogP contribution in [0.15, 0.2) is 18.6 Å². The number of likely N-dealkylation sites (tertiary alicyclic amines) is 1. The van der Waals surface area contributed by atoms with Gasteiger partial charge in [-0.2, -0.15) is 0 Å². The number of ketones is 1. The highest BCUT2D eigenvalue weighted by molar-refractivity contribution is 6.38. The first-order valence-electron chi connectivity index (χ1n) is 20.9. The van der Waals surface area contributed by atoms with Gasteiger partial charge in [0.1, 0.15) is 29.5 Å². The monoisotopic (exact) mass is 793 g/mol. The number of carbonyl (C=O) groups is 7. The number of carbonyl (C=O) groups excluding carboxylic acids is 7. The third-order valence-electron chi connectivity index (χ3n) is 11.8. The van der Waals surface area contributed by atoms with Gasteiger partial charge in [0, 0.05) is 37.9 Å². The molecule has 2 saturated carbocycles. The number of amides is 6. The fourth-order valence-corrected chi connectivity index (χ4v) is 8.74. The maximum Gasteiger partial charge on any atom is 0.289 e. The second kappa shape index (κ2) is 18.4. The molecule has 2 unspecified atom stereocenters. The van der Waals surface area contributed by atoms with Crippen LogP contribution in [0.25, 0.3) is 0 Å². The smallest absolute Gasteiger partial charge is 0.289 e. The summed E-state index contributed by atoms with van der Waals surface area (Å²) in [6.07, 6.45) is 11.0. The van der Waals surface area contributed by atoms with Gasteiger partial charge >= 0.3 is 0 Å². The Morgan fingerprint density at radius 3 is 2.23 bits per heavy atom. The lowest BCUT2D eigenvalue weighted by Gasteiger charge is -2.41. The van der Waals surface area contributed by atoms with Gasteiger partial charge in [-0.05, 0) is 62.7 Å². The minimum absolute atomic E-state index is 0.00756. The molecule has 2 aliphatic carbocycles. The molecule has 57 heavy (non-hydrogen) atoms. The van der Waals surface area contributed by atoms with Crippen LogP contribution in [-0.4, -0.2) is 128 Å². The van der Waals surface area contributed by atoms with Crippen molar-refractivity contribution in [1.29, 1.82) is 0 Å².